The van der Waals surface area contributed by atoms with E-state index in [0.29, 0.717) is 5.69 Å². The van der Waals surface area contributed by atoms with Gasteiger partial charge in [-0.1, -0.05) is 11.6 Å². The maximum Gasteiger partial charge on any atom is 0.244 e. The lowest BCUT2D eigenvalue weighted by Gasteiger charge is -2.25. The van der Waals surface area contributed by atoms with Crippen LogP contribution in [0.5, 0.6) is 0 Å². The summed E-state index contributed by atoms with van der Waals surface area (Å²) in [6, 6.07) is 5.99. The molecule has 0 bridgehead atoms. The van der Waals surface area contributed by atoms with Crippen LogP contribution in [0.3, 0.4) is 0 Å². The monoisotopic (exact) mass is 301 g/mol. The number of nitrogens with two attached hydrogens (primary N) is 1. The summed E-state index contributed by atoms with van der Waals surface area (Å²) >= 11 is 5.94. The van der Waals surface area contributed by atoms with Crippen LogP contribution in [0.2, 0.25) is 5.02 Å². The molecular formula is C12H16ClN3O2S. The van der Waals surface area contributed by atoms with Gasteiger partial charge in [-0.15, -0.1) is 0 Å². The van der Waals surface area contributed by atoms with E-state index in [4.69, 9.17) is 22.6 Å². The van der Waals surface area contributed by atoms with Crippen LogP contribution in [0.15, 0.2) is 23.1 Å². The molecular weight excluding hydrogens is 286 g/mol. The maximum absolute atomic E-state index is 12.5. The van der Waals surface area contributed by atoms with Crippen LogP contribution < -0.4 is 5.73 Å². The lowest BCUT2D eigenvalue weighted by atomic mass is 10.3. The summed E-state index contributed by atoms with van der Waals surface area (Å²) in [5, 5.41) is 8.74. The van der Waals surface area contributed by atoms with Gasteiger partial charge in [0.05, 0.1) is 11.1 Å². The number of sulfonamides is 1. The Labute approximate surface area is 118 Å². The van der Waals surface area contributed by atoms with E-state index < -0.39 is 10.0 Å². The molecule has 2 N–H and O–H groups in total. The van der Waals surface area contributed by atoms with Crippen LogP contribution >= 0.6 is 11.6 Å². The van der Waals surface area contributed by atoms with Crippen molar-refractivity contribution in [1.29, 1.82) is 5.26 Å². The molecule has 0 atom stereocenters. The zero-order valence-corrected chi connectivity index (χ0v) is 12.4. The van der Waals surface area contributed by atoms with Gasteiger partial charge in [-0.05, 0) is 32.0 Å². The molecule has 0 saturated heterocycles. The number of hydrogen-bond acceptors (Lipinski definition) is 4. The number of halogens is 1. The van der Waals surface area contributed by atoms with Crippen LogP contribution in [-0.4, -0.2) is 25.3 Å². The van der Waals surface area contributed by atoms with E-state index in [1.165, 1.54) is 22.5 Å². The van der Waals surface area contributed by atoms with Crippen molar-refractivity contribution >= 4 is 27.3 Å². The zero-order valence-electron chi connectivity index (χ0n) is 10.8. The molecule has 104 valence electrons. The molecule has 19 heavy (non-hydrogen) atoms. The molecule has 7 heteroatoms. The van der Waals surface area contributed by atoms with Crippen molar-refractivity contribution in [2.24, 2.45) is 0 Å². The first-order valence-corrected chi connectivity index (χ1v) is 7.56. The number of hydrogen-bond donors (Lipinski definition) is 1. The highest BCUT2D eigenvalue weighted by Crippen LogP contribution is 2.27. The molecule has 0 aliphatic heterocycles. The number of benzene rings is 1. The largest absolute Gasteiger partial charge is 0.399 e. The zero-order chi connectivity index (χ0) is 14.6. The minimum atomic E-state index is -3.76. The topological polar surface area (TPSA) is 87.2 Å². The summed E-state index contributed by atoms with van der Waals surface area (Å²) < 4.78 is 26.3. The Balaban J connectivity index is 3.27. The fourth-order valence-electron chi connectivity index (χ4n) is 1.66. The molecule has 5 nitrogen and oxygen atoms in total. The molecule has 1 aromatic rings. The molecule has 0 fully saturated rings. The third kappa shape index (κ3) is 3.60. The van der Waals surface area contributed by atoms with Crippen molar-refractivity contribution in [3.63, 3.8) is 0 Å². The first kappa shape index (κ1) is 15.8. The summed E-state index contributed by atoms with van der Waals surface area (Å²) in [7, 11) is -3.76. The highest BCUT2D eigenvalue weighted by atomic mass is 35.5. The highest BCUT2D eigenvalue weighted by Gasteiger charge is 2.28. The number of nitriles is 1. The van der Waals surface area contributed by atoms with Crippen molar-refractivity contribution < 1.29 is 8.42 Å². The first-order chi connectivity index (χ1) is 8.80. The van der Waals surface area contributed by atoms with Gasteiger partial charge in [-0.25, -0.2) is 8.42 Å². The standard InChI is InChI=1S/C12H16ClN3O2S/c1-9(2)16(7-3-6-14)19(17,18)12-8-10(15)4-5-11(12)13/h4-5,8-9H,3,7,15H2,1-2H3. The van der Waals surface area contributed by atoms with Gasteiger partial charge < -0.3 is 5.73 Å². The molecule has 1 aromatic carbocycles. The Morgan fingerprint density at radius 2 is 2.11 bits per heavy atom. The third-order valence-corrected chi connectivity index (χ3v) is 5.12. The highest BCUT2D eigenvalue weighted by molar-refractivity contribution is 7.89. The Hall–Kier alpha value is -1.29. The average Bonchev–Trinajstić information content (AvgIpc) is 2.32. The molecule has 0 saturated carbocycles. The molecule has 0 unspecified atom stereocenters. The van der Waals surface area contributed by atoms with Gasteiger partial charge in [-0.2, -0.15) is 9.57 Å². The normalized spacial score (nSPS) is 11.8. The van der Waals surface area contributed by atoms with Crippen LogP contribution in [0, 0.1) is 11.3 Å². The van der Waals surface area contributed by atoms with Gasteiger partial charge in [-0.3, -0.25) is 0 Å². The molecule has 1 rings (SSSR count). The Morgan fingerprint density at radius 1 is 1.47 bits per heavy atom. The molecule has 0 aliphatic carbocycles. The second kappa shape index (κ2) is 6.24. The minimum Gasteiger partial charge on any atom is -0.399 e. The van der Waals surface area contributed by atoms with Crippen LogP contribution in [-0.2, 0) is 10.0 Å². The van der Waals surface area contributed by atoms with Gasteiger partial charge in [0.25, 0.3) is 0 Å². The third-order valence-electron chi connectivity index (χ3n) is 2.56. The summed E-state index contributed by atoms with van der Waals surface area (Å²) in [4.78, 5) is -0.0270. The van der Waals surface area contributed by atoms with E-state index in [2.05, 4.69) is 0 Å². The Bertz CT molecular complexity index is 593. The minimum absolute atomic E-state index is 0.0270. The quantitative estimate of drug-likeness (QED) is 0.845. The van der Waals surface area contributed by atoms with Crippen molar-refractivity contribution in [3.8, 4) is 6.07 Å². The van der Waals surface area contributed by atoms with Crippen LogP contribution in [0.1, 0.15) is 20.3 Å². The summed E-state index contributed by atoms with van der Waals surface area (Å²) in [5.41, 5.74) is 5.93. The molecule has 0 radical (unpaired) electrons. The van der Waals surface area contributed by atoms with Crippen molar-refractivity contribution in [2.75, 3.05) is 12.3 Å². The second-order valence-electron chi connectivity index (χ2n) is 4.31. The lowest BCUT2D eigenvalue weighted by molar-refractivity contribution is 0.360. The Kier molecular flexibility index (Phi) is 5.18. The van der Waals surface area contributed by atoms with E-state index in [9.17, 15) is 8.42 Å². The van der Waals surface area contributed by atoms with Crippen LogP contribution in [0.4, 0.5) is 5.69 Å². The molecule has 0 spiro atoms. The first-order valence-electron chi connectivity index (χ1n) is 5.74. The predicted molar refractivity (Wildman–Crippen MR) is 75.1 cm³/mol. The van der Waals surface area contributed by atoms with E-state index >= 15 is 0 Å². The van der Waals surface area contributed by atoms with Crippen molar-refractivity contribution in [1.82, 2.24) is 4.31 Å². The van der Waals surface area contributed by atoms with E-state index in [1.807, 2.05) is 6.07 Å². The molecule has 0 heterocycles. The summed E-state index contributed by atoms with van der Waals surface area (Å²) in [6.07, 6.45) is 0.122. The number of nitrogens with zero attached hydrogens (tertiary/aromatic N) is 2. The van der Waals surface area contributed by atoms with E-state index in [0.717, 1.165) is 0 Å². The maximum atomic E-state index is 12.5. The number of anilines is 1. The molecule has 0 amide bonds. The fraction of sp³-hybridized carbons (Fsp3) is 0.417. The van der Waals surface area contributed by atoms with E-state index in [-0.39, 0.29) is 28.9 Å². The summed E-state index contributed by atoms with van der Waals surface area (Å²) in [5.74, 6) is 0. The fourth-order valence-corrected chi connectivity index (χ4v) is 3.81. The van der Waals surface area contributed by atoms with Gasteiger partial charge in [0, 0.05) is 24.7 Å². The number of nitrogen functional groups attached to an aromatic ring is 1. The predicted octanol–water partition coefficient (Wildman–Crippen LogP) is 2.23. The second-order valence-corrected chi connectivity index (χ2v) is 6.57. The van der Waals surface area contributed by atoms with Crippen LogP contribution in [0.25, 0.3) is 0 Å². The smallest absolute Gasteiger partial charge is 0.244 e. The Morgan fingerprint density at radius 3 is 2.63 bits per heavy atom. The average molecular weight is 302 g/mol. The SMILES string of the molecule is CC(C)N(CCC#N)S(=O)(=O)c1cc(N)ccc1Cl. The lowest BCUT2D eigenvalue weighted by Crippen LogP contribution is -2.37. The molecule has 0 aliphatic rings. The number of rotatable bonds is 5. The van der Waals surface area contributed by atoms with Gasteiger partial charge in [0.15, 0.2) is 0 Å². The molecule has 0 aromatic heterocycles. The van der Waals surface area contributed by atoms with E-state index in [1.54, 1.807) is 13.8 Å². The van der Waals surface area contributed by atoms with Gasteiger partial charge >= 0.3 is 0 Å². The van der Waals surface area contributed by atoms with Crippen molar-refractivity contribution in [2.45, 2.75) is 31.2 Å². The summed E-state index contributed by atoms with van der Waals surface area (Å²) in [6.45, 7) is 3.62. The van der Waals surface area contributed by atoms with Gasteiger partial charge in [0.1, 0.15) is 4.90 Å². The van der Waals surface area contributed by atoms with Gasteiger partial charge in [0.2, 0.25) is 10.0 Å². The van der Waals surface area contributed by atoms with Crippen molar-refractivity contribution in [3.05, 3.63) is 23.2 Å².